The van der Waals surface area contributed by atoms with E-state index >= 15 is 0 Å². The van der Waals surface area contributed by atoms with Crippen LogP contribution >= 0.6 is 0 Å². The summed E-state index contributed by atoms with van der Waals surface area (Å²) in [5, 5.41) is 0. The van der Waals surface area contributed by atoms with E-state index in [9.17, 15) is 17.8 Å². The normalized spacial score (nSPS) is 11.1. The van der Waals surface area contributed by atoms with Crippen LogP contribution < -0.4 is 34.3 Å². The minimum absolute atomic E-state index is 0. The van der Waals surface area contributed by atoms with Crippen LogP contribution in [0.3, 0.4) is 0 Å². The molecule has 154 valence electrons. The second kappa shape index (κ2) is 16.4. The van der Waals surface area contributed by atoms with Crippen molar-refractivity contribution in [3.63, 3.8) is 0 Å². The zero-order valence-electron chi connectivity index (χ0n) is 17.5. The number of unbranched alkanes of at least 4 members (excludes halogenated alkanes) is 11. The van der Waals surface area contributed by atoms with Gasteiger partial charge in [0, 0.05) is 6.42 Å². The van der Waals surface area contributed by atoms with E-state index in [2.05, 4.69) is 6.92 Å². The molecule has 0 aliphatic rings. The van der Waals surface area contributed by atoms with E-state index in [1.165, 1.54) is 76.0 Å². The van der Waals surface area contributed by atoms with Crippen LogP contribution in [0.4, 0.5) is 0 Å². The molecular formula is C21H33NaO5S. The molecule has 0 N–H and O–H groups in total. The molecule has 1 rings (SSSR count). The maximum atomic E-state index is 11.9. The Balaban J connectivity index is 0.00000729. The van der Waals surface area contributed by atoms with E-state index in [4.69, 9.17) is 4.74 Å². The summed E-state index contributed by atoms with van der Waals surface area (Å²) in [6.07, 6.45) is 14.7. The van der Waals surface area contributed by atoms with E-state index in [-0.39, 0.29) is 41.7 Å². The number of benzene rings is 1. The molecule has 0 atom stereocenters. The first-order valence-electron chi connectivity index (χ1n) is 10.2. The Morgan fingerprint density at radius 1 is 0.857 bits per heavy atom. The van der Waals surface area contributed by atoms with Crippen LogP contribution in [0.15, 0.2) is 29.2 Å². The summed E-state index contributed by atoms with van der Waals surface area (Å²) < 4.78 is 38.5. The second-order valence-corrected chi connectivity index (χ2v) is 8.36. The van der Waals surface area contributed by atoms with Crippen LogP contribution in [0.25, 0.3) is 0 Å². The van der Waals surface area contributed by atoms with Gasteiger partial charge >= 0.3 is 35.5 Å². The minimum Gasteiger partial charge on any atom is -0.744 e. The van der Waals surface area contributed by atoms with Gasteiger partial charge in [-0.15, -0.1) is 0 Å². The van der Waals surface area contributed by atoms with Gasteiger partial charge in [0.2, 0.25) is 0 Å². The van der Waals surface area contributed by atoms with E-state index < -0.39 is 21.0 Å². The Bertz CT molecular complexity index is 646. The number of rotatable bonds is 15. The molecule has 0 unspecified atom stereocenters. The van der Waals surface area contributed by atoms with Gasteiger partial charge in [-0.3, -0.25) is 4.79 Å². The Hall–Kier alpha value is -0.400. The number of carbonyl (C=O) groups excluding carboxylic acids is 1. The van der Waals surface area contributed by atoms with Gasteiger partial charge in [0.25, 0.3) is 0 Å². The van der Waals surface area contributed by atoms with Gasteiger partial charge in [-0.2, -0.15) is 0 Å². The van der Waals surface area contributed by atoms with Crippen LogP contribution in [-0.4, -0.2) is 18.9 Å². The van der Waals surface area contributed by atoms with Crippen molar-refractivity contribution in [2.75, 3.05) is 0 Å². The van der Waals surface area contributed by atoms with E-state index in [1.807, 2.05) is 0 Å². The Morgan fingerprint density at radius 2 is 1.32 bits per heavy atom. The van der Waals surface area contributed by atoms with Crippen molar-refractivity contribution in [1.29, 1.82) is 0 Å². The molecule has 7 heteroatoms. The maximum Gasteiger partial charge on any atom is 1.00 e. The molecule has 0 aliphatic heterocycles. The first-order chi connectivity index (χ1) is 12.9. The summed E-state index contributed by atoms with van der Waals surface area (Å²) in [6, 6.07) is 5.42. The number of para-hydroxylation sites is 1. The molecule has 0 saturated carbocycles. The van der Waals surface area contributed by atoms with Gasteiger partial charge < -0.3 is 9.29 Å². The molecule has 1 aromatic rings. The summed E-state index contributed by atoms with van der Waals surface area (Å²) in [4.78, 5) is 11.4. The smallest absolute Gasteiger partial charge is 0.744 e. The number of esters is 1. The third-order valence-electron chi connectivity index (χ3n) is 4.58. The molecule has 0 heterocycles. The molecule has 0 aliphatic carbocycles. The topological polar surface area (TPSA) is 83.5 Å². The largest absolute Gasteiger partial charge is 1.00 e. The molecule has 1 aromatic carbocycles. The van der Waals surface area contributed by atoms with Crippen LogP contribution in [0.2, 0.25) is 0 Å². The molecule has 28 heavy (non-hydrogen) atoms. The standard InChI is InChI=1S/C21H34O5S.Na/c1-2-3-4-5-6-7-8-9-10-11-12-13-18-21(22)26-19-16-14-15-17-20(19)27(23,24)25;/h14-17H,2-13,18H2,1H3,(H,23,24,25);/q;+1/p-1. The zero-order valence-corrected chi connectivity index (χ0v) is 20.3. The van der Waals surface area contributed by atoms with Crippen LogP contribution in [0.5, 0.6) is 5.75 Å². The van der Waals surface area contributed by atoms with Crippen LogP contribution in [0, 0.1) is 0 Å². The van der Waals surface area contributed by atoms with Crippen molar-refractivity contribution in [2.45, 2.75) is 95.3 Å². The molecule has 0 amide bonds. The van der Waals surface area contributed by atoms with Gasteiger partial charge in [0.1, 0.15) is 15.9 Å². The van der Waals surface area contributed by atoms with Crippen LogP contribution in [-0.2, 0) is 14.9 Å². The molecule has 0 saturated heterocycles. The summed E-state index contributed by atoms with van der Waals surface area (Å²) in [6.45, 7) is 2.23. The van der Waals surface area contributed by atoms with E-state index in [0.29, 0.717) is 6.42 Å². The molecule has 0 radical (unpaired) electrons. The van der Waals surface area contributed by atoms with E-state index in [1.54, 1.807) is 0 Å². The summed E-state index contributed by atoms with van der Waals surface area (Å²) in [7, 11) is -4.65. The van der Waals surface area contributed by atoms with Crippen LogP contribution in [0.1, 0.15) is 90.4 Å². The van der Waals surface area contributed by atoms with Crippen molar-refractivity contribution in [1.82, 2.24) is 0 Å². The second-order valence-electron chi connectivity index (χ2n) is 7.01. The predicted octanol–water partition coefficient (Wildman–Crippen LogP) is 2.59. The molecular weight excluding hydrogens is 387 g/mol. The van der Waals surface area contributed by atoms with Gasteiger partial charge in [-0.1, -0.05) is 89.7 Å². The van der Waals surface area contributed by atoms with Crippen molar-refractivity contribution >= 4 is 16.1 Å². The first-order valence-corrected chi connectivity index (χ1v) is 11.6. The zero-order chi connectivity index (χ0) is 20.0. The Morgan fingerprint density at radius 3 is 1.82 bits per heavy atom. The summed E-state index contributed by atoms with van der Waals surface area (Å²) in [5.41, 5.74) is 0. The van der Waals surface area contributed by atoms with Gasteiger partial charge in [-0.25, -0.2) is 8.42 Å². The SMILES string of the molecule is CCCCCCCCCCCCCCC(=O)Oc1ccccc1S(=O)(=O)[O-].[Na+]. The fourth-order valence-electron chi connectivity index (χ4n) is 3.03. The molecule has 0 spiro atoms. The third-order valence-corrected chi connectivity index (χ3v) is 5.45. The number of carbonyl (C=O) groups is 1. The van der Waals surface area contributed by atoms with E-state index in [0.717, 1.165) is 18.9 Å². The number of ether oxygens (including phenoxy) is 1. The van der Waals surface area contributed by atoms with Crippen molar-refractivity contribution in [3.05, 3.63) is 24.3 Å². The molecule has 0 aromatic heterocycles. The van der Waals surface area contributed by atoms with Crippen molar-refractivity contribution in [3.8, 4) is 5.75 Å². The fraction of sp³-hybridized carbons (Fsp3) is 0.667. The predicted molar refractivity (Wildman–Crippen MR) is 106 cm³/mol. The summed E-state index contributed by atoms with van der Waals surface area (Å²) in [5.74, 6) is -0.686. The van der Waals surface area contributed by atoms with Crippen molar-refractivity contribution < 1.29 is 52.1 Å². The number of hydrogen-bond acceptors (Lipinski definition) is 5. The number of hydrogen-bond donors (Lipinski definition) is 0. The molecule has 0 bridgehead atoms. The Kier molecular flexibility index (Phi) is 16.2. The third kappa shape index (κ3) is 12.9. The Labute approximate surface area is 192 Å². The monoisotopic (exact) mass is 420 g/mol. The van der Waals surface area contributed by atoms with Gasteiger partial charge in [0.15, 0.2) is 0 Å². The first kappa shape index (κ1) is 27.6. The van der Waals surface area contributed by atoms with Gasteiger partial charge in [-0.05, 0) is 18.6 Å². The van der Waals surface area contributed by atoms with Gasteiger partial charge in [0.05, 0.1) is 4.90 Å². The fourth-order valence-corrected chi connectivity index (χ4v) is 3.63. The average Bonchev–Trinajstić information content (AvgIpc) is 2.62. The average molecular weight is 421 g/mol. The molecule has 0 fully saturated rings. The van der Waals surface area contributed by atoms with Crippen molar-refractivity contribution in [2.24, 2.45) is 0 Å². The molecule has 5 nitrogen and oxygen atoms in total. The minimum atomic E-state index is -4.65. The quantitative estimate of drug-likeness (QED) is 0.143. The maximum absolute atomic E-state index is 11.9. The summed E-state index contributed by atoms with van der Waals surface area (Å²) >= 11 is 0.